The van der Waals surface area contributed by atoms with Crippen LogP contribution in [-0.4, -0.2) is 43.5 Å². The Kier molecular flexibility index (Phi) is 5.34. The van der Waals surface area contributed by atoms with Gasteiger partial charge in [-0.05, 0) is 44.6 Å². The standard InChI is InChI=1S/C14H19ClFN3O/c1-19(11-3-2-6-17-8-11)9-14(20)18-10-4-5-13(16)12(15)7-10/h4-5,7,11,17H,2-3,6,8-9H2,1H3,(H,18,20). The lowest BCUT2D eigenvalue weighted by Gasteiger charge is -2.31. The second kappa shape index (κ2) is 7.02. The van der Waals surface area contributed by atoms with Gasteiger partial charge in [-0.3, -0.25) is 9.69 Å². The maximum absolute atomic E-state index is 13.0. The summed E-state index contributed by atoms with van der Waals surface area (Å²) in [5.41, 5.74) is 0.511. The summed E-state index contributed by atoms with van der Waals surface area (Å²) in [5, 5.41) is 6.05. The van der Waals surface area contributed by atoms with E-state index in [0.717, 1.165) is 25.9 Å². The number of likely N-dealkylation sites (N-methyl/N-ethyl adjacent to an activating group) is 1. The van der Waals surface area contributed by atoms with Crippen LogP contribution in [0.25, 0.3) is 0 Å². The van der Waals surface area contributed by atoms with Gasteiger partial charge in [-0.1, -0.05) is 11.6 Å². The zero-order valence-electron chi connectivity index (χ0n) is 11.5. The van der Waals surface area contributed by atoms with Gasteiger partial charge in [0.05, 0.1) is 11.6 Å². The molecule has 1 aliphatic rings. The summed E-state index contributed by atoms with van der Waals surface area (Å²) in [6.07, 6.45) is 2.23. The van der Waals surface area contributed by atoms with Crippen molar-refractivity contribution >= 4 is 23.2 Å². The Hall–Kier alpha value is -1.17. The molecule has 20 heavy (non-hydrogen) atoms. The quantitative estimate of drug-likeness (QED) is 0.895. The van der Waals surface area contributed by atoms with Crippen molar-refractivity contribution in [1.82, 2.24) is 10.2 Å². The Morgan fingerprint density at radius 2 is 2.40 bits per heavy atom. The predicted molar refractivity (Wildman–Crippen MR) is 78.6 cm³/mol. The van der Waals surface area contributed by atoms with E-state index in [4.69, 9.17) is 11.6 Å². The fourth-order valence-corrected chi connectivity index (χ4v) is 2.52. The topological polar surface area (TPSA) is 44.4 Å². The number of anilines is 1. The van der Waals surface area contributed by atoms with E-state index < -0.39 is 5.82 Å². The molecule has 0 aliphatic carbocycles. The molecule has 6 heteroatoms. The average molecular weight is 300 g/mol. The van der Waals surface area contributed by atoms with Gasteiger partial charge in [0.1, 0.15) is 5.82 Å². The lowest BCUT2D eigenvalue weighted by molar-refractivity contribution is -0.117. The lowest BCUT2D eigenvalue weighted by atomic mass is 10.1. The van der Waals surface area contributed by atoms with E-state index in [1.54, 1.807) is 0 Å². The van der Waals surface area contributed by atoms with Gasteiger partial charge in [-0.2, -0.15) is 0 Å². The Morgan fingerprint density at radius 3 is 3.05 bits per heavy atom. The third-order valence-electron chi connectivity index (χ3n) is 3.49. The SMILES string of the molecule is CN(CC(=O)Nc1ccc(F)c(Cl)c1)C1CCCNC1. The number of carbonyl (C=O) groups is 1. The Balaban J connectivity index is 1.86. The minimum absolute atomic E-state index is 0.00707. The molecule has 1 atom stereocenters. The number of carbonyl (C=O) groups excluding carboxylic acids is 1. The van der Waals surface area contributed by atoms with Crippen LogP contribution in [0.4, 0.5) is 10.1 Å². The van der Waals surface area contributed by atoms with Gasteiger partial charge >= 0.3 is 0 Å². The predicted octanol–water partition coefficient (Wildman–Crippen LogP) is 2.10. The number of rotatable bonds is 4. The molecule has 1 unspecified atom stereocenters. The molecule has 1 aliphatic heterocycles. The highest BCUT2D eigenvalue weighted by Crippen LogP contribution is 2.19. The van der Waals surface area contributed by atoms with Crippen molar-refractivity contribution in [1.29, 1.82) is 0 Å². The van der Waals surface area contributed by atoms with Crippen LogP contribution in [0.15, 0.2) is 18.2 Å². The molecule has 1 heterocycles. The smallest absolute Gasteiger partial charge is 0.238 e. The third-order valence-corrected chi connectivity index (χ3v) is 3.78. The normalized spacial score (nSPS) is 19.1. The second-order valence-corrected chi connectivity index (χ2v) is 5.50. The highest BCUT2D eigenvalue weighted by Gasteiger charge is 2.19. The van der Waals surface area contributed by atoms with Gasteiger partial charge < -0.3 is 10.6 Å². The van der Waals surface area contributed by atoms with Crippen LogP contribution in [-0.2, 0) is 4.79 Å². The molecule has 0 aromatic heterocycles. The van der Waals surface area contributed by atoms with Crippen molar-refractivity contribution in [3.05, 3.63) is 29.0 Å². The number of nitrogens with zero attached hydrogens (tertiary/aromatic N) is 1. The Labute approximate surface area is 123 Å². The second-order valence-electron chi connectivity index (χ2n) is 5.09. The van der Waals surface area contributed by atoms with Crippen molar-refractivity contribution in [2.45, 2.75) is 18.9 Å². The van der Waals surface area contributed by atoms with Crippen LogP contribution in [0, 0.1) is 5.82 Å². The molecule has 1 aromatic carbocycles. The molecule has 1 amide bonds. The van der Waals surface area contributed by atoms with Crippen molar-refractivity contribution in [3.63, 3.8) is 0 Å². The minimum atomic E-state index is -0.491. The number of hydrogen-bond acceptors (Lipinski definition) is 3. The summed E-state index contributed by atoms with van der Waals surface area (Å²) < 4.78 is 13.0. The zero-order valence-corrected chi connectivity index (χ0v) is 12.2. The average Bonchev–Trinajstić information content (AvgIpc) is 2.44. The van der Waals surface area contributed by atoms with Gasteiger partial charge in [0.25, 0.3) is 0 Å². The lowest BCUT2D eigenvalue weighted by Crippen LogP contribution is -2.46. The molecule has 0 bridgehead atoms. The van der Waals surface area contributed by atoms with Crippen molar-refractivity contribution in [2.24, 2.45) is 0 Å². The van der Waals surface area contributed by atoms with Crippen molar-refractivity contribution < 1.29 is 9.18 Å². The van der Waals surface area contributed by atoms with Gasteiger partial charge in [-0.15, -0.1) is 0 Å². The van der Waals surface area contributed by atoms with Gasteiger partial charge in [0.15, 0.2) is 0 Å². The molecule has 2 N–H and O–H groups in total. The zero-order chi connectivity index (χ0) is 14.5. The molecule has 1 saturated heterocycles. The summed E-state index contributed by atoms with van der Waals surface area (Å²) in [5.74, 6) is -0.615. The first kappa shape index (κ1) is 15.2. The molecule has 2 rings (SSSR count). The number of hydrogen-bond donors (Lipinski definition) is 2. The highest BCUT2D eigenvalue weighted by atomic mass is 35.5. The maximum atomic E-state index is 13.0. The van der Waals surface area contributed by atoms with E-state index in [9.17, 15) is 9.18 Å². The third kappa shape index (κ3) is 4.16. The Bertz CT molecular complexity index is 477. The first-order valence-electron chi connectivity index (χ1n) is 6.72. The number of piperidine rings is 1. The number of nitrogens with one attached hydrogen (secondary N) is 2. The maximum Gasteiger partial charge on any atom is 0.238 e. The molecular formula is C14H19ClFN3O. The number of amides is 1. The number of halogens is 2. The van der Waals surface area contributed by atoms with E-state index >= 15 is 0 Å². The molecule has 4 nitrogen and oxygen atoms in total. The molecule has 0 saturated carbocycles. The van der Waals surface area contributed by atoms with Crippen molar-refractivity contribution in [2.75, 3.05) is 32.0 Å². The molecule has 0 spiro atoms. The molecule has 1 aromatic rings. The van der Waals surface area contributed by atoms with E-state index in [-0.39, 0.29) is 10.9 Å². The van der Waals surface area contributed by atoms with E-state index in [1.165, 1.54) is 18.2 Å². The molecule has 1 fully saturated rings. The van der Waals surface area contributed by atoms with Gasteiger partial charge in [0, 0.05) is 18.3 Å². The fourth-order valence-electron chi connectivity index (χ4n) is 2.34. The van der Waals surface area contributed by atoms with Crippen LogP contribution < -0.4 is 10.6 Å². The van der Waals surface area contributed by atoms with Crippen LogP contribution in [0.1, 0.15) is 12.8 Å². The molecule has 0 radical (unpaired) electrons. The summed E-state index contributed by atoms with van der Waals surface area (Å²) >= 11 is 5.68. The Morgan fingerprint density at radius 1 is 1.60 bits per heavy atom. The fraction of sp³-hybridized carbons (Fsp3) is 0.500. The minimum Gasteiger partial charge on any atom is -0.325 e. The van der Waals surface area contributed by atoms with Crippen LogP contribution in [0.5, 0.6) is 0 Å². The monoisotopic (exact) mass is 299 g/mol. The van der Waals surface area contributed by atoms with Crippen molar-refractivity contribution in [3.8, 4) is 0 Å². The largest absolute Gasteiger partial charge is 0.325 e. The molecule has 110 valence electrons. The summed E-state index contributed by atoms with van der Waals surface area (Å²) in [4.78, 5) is 14.0. The van der Waals surface area contributed by atoms with Crippen LogP contribution in [0.3, 0.4) is 0 Å². The summed E-state index contributed by atoms with van der Waals surface area (Å²) in [7, 11) is 1.94. The molecular weight excluding hydrogens is 281 g/mol. The van der Waals surface area contributed by atoms with E-state index in [0.29, 0.717) is 18.3 Å². The van der Waals surface area contributed by atoms with Gasteiger partial charge in [-0.25, -0.2) is 4.39 Å². The van der Waals surface area contributed by atoms with E-state index in [2.05, 4.69) is 10.6 Å². The van der Waals surface area contributed by atoms with E-state index in [1.807, 2.05) is 11.9 Å². The highest BCUT2D eigenvalue weighted by molar-refractivity contribution is 6.31. The van der Waals surface area contributed by atoms with Crippen LogP contribution in [0.2, 0.25) is 5.02 Å². The van der Waals surface area contributed by atoms with Gasteiger partial charge in [0.2, 0.25) is 5.91 Å². The number of benzene rings is 1. The first-order valence-corrected chi connectivity index (χ1v) is 7.10. The summed E-state index contributed by atoms with van der Waals surface area (Å²) in [6.45, 7) is 2.26. The van der Waals surface area contributed by atoms with Crippen LogP contribution >= 0.6 is 11.6 Å². The first-order chi connectivity index (χ1) is 9.56. The summed E-state index contributed by atoms with van der Waals surface area (Å²) in [6, 6.07) is 4.54.